The molecule has 3 nitrogen and oxygen atoms in total. The van der Waals surface area contributed by atoms with Crippen molar-refractivity contribution < 1.29 is 23.0 Å². The number of esters is 1. The van der Waals surface area contributed by atoms with Crippen LogP contribution in [0, 0.1) is 18.6 Å². The Kier molecular flexibility index (Phi) is 5.71. The third-order valence-electron chi connectivity index (χ3n) is 3.17. The molecule has 0 N–H and O–H groups in total. The molecule has 0 atom stereocenters. The van der Waals surface area contributed by atoms with Crippen LogP contribution in [0.4, 0.5) is 8.78 Å². The van der Waals surface area contributed by atoms with Gasteiger partial charge >= 0.3 is 5.97 Å². The minimum atomic E-state index is -0.560. The van der Waals surface area contributed by atoms with Gasteiger partial charge in [0.2, 0.25) is 0 Å². The van der Waals surface area contributed by atoms with Crippen LogP contribution in [0.1, 0.15) is 24.5 Å². The molecule has 0 heterocycles. The molecule has 122 valence electrons. The van der Waals surface area contributed by atoms with Gasteiger partial charge in [0.1, 0.15) is 29.7 Å². The van der Waals surface area contributed by atoms with Gasteiger partial charge in [0.05, 0.1) is 10.0 Å². The van der Waals surface area contributed by atoms with Gasteiger partial charge < -0.3 is 9.47 Å². The van der Waals surface area contributed by atoms with E-state index >= 15 is 0 Å². The molecule has 2 aromatic rings. The highest BCUT2D eigenvalue weighted by Gasteiger charge is 2.14. The van der Waals surface area contributed by atoms with Crippen molar-refractivity contribution in [2.24, 2.45) is 0 Å². The van der Waals surface area contributed by atoms with Crippen LogP contribution < -0.4 is 9.47 Å². The van der Waals surface area contributed by atoms with Gasteiger partial charge in [-0.3, -0.25) is 4.79 Å². The van der Waals surface area contributed by atoms with Crippen LogP contribution in [0.15, 0.2) is 34.8 Å². The zero-order chi connectivity index (χ0) is 17.0. The van der Waals surface area contributed by atoms with Crippen LogP contribution in [-0.4, -0.2) is 5.97 Å². The number of halogens is 3. The Hall–Kier alpha value is -1.95. The number of aryl methyl sites for hydroxylation is 1. The first-order chi connectivity index (χ1) is 10.9. The summed E-state index contributed by atoms with van der Waals surface area (Å²) in [6.07, 6.45) is 0.172. The molecule has 0 amide bonds. The zero-order valence-corrected chi connectivity index (χ0v) is 14.2. The number of carbonyl (C=O) groups excluding carboxylic acids is 1. The predicted octanol–water partition coefficient (Wildman–Crippen LogP) is 4.93. The van der Waals surface area contributed by atoms with E-state index in [9.17, 15) is 13.6 Å². The highest BCUT2D eigenvalue weighted by Crippen LogP contribution is 2.30. The molecule has 0 bridgehead atoms. The molecule has 2 aromatic carbocycles. The minimum absolute atomic E-state index is 0.0977. The lowest BCUT2D eigenvalue weighted by Gasteiger charge is -2.13. The van der Waals surface area contributed by atoms with Crippen molar-refractivity contribution >= 4 is 21.9 Å². The summed E-state index contributed by atoms with van der Waals surface area (Å²) in [6.45, 7) is 3.08. The van der Waals surface area contributed by atoms with Crippen LogP contribution in [0.5, 0.6) is 11.5 Å². The number of carbonyl (C=O) groups is 1. The van der Waals surface area contributed by atoms with E-state index in [1.54, 1.807) is 19.9 Å². The fraction of sp³-hybridized carbons (Fsp3) is 0.235. The average molecular weight is 385 g/mol. The Bertz CT molecular complexity index is 732. The maximum atomic E-state index is 14.0. The summed E-state index contributed by atoms with van der Waals surface area (Å²) in [6, 6.07) is 6.97. The van der Waals surface area contributed by atoms with E-state index in [0.29, 0.717) is 10.0 Å². The molecular weight excluding hydrogens is 370 g/mol. The first-order valence-electron chi connectivity index (χ1n) is 6.99. The van der Waals surface area contributed by atoms with Gasteiger partial charge in [-0.15, -0.1) is 0 Å². The fourth-order valence-electron chi connectivity index (χ4n) is 1.86. The normalized spacial score (nSPS) is 10.5. The van der Waals surface area contributed by atoms with Gasteiger partial charge in [-0.25, -0.2) is 8.78 Å². The highest BCUT2D eigenvalue weighted by atomic mass is 79.9. The van der Waals surface area contributed by atoms with Crippen LogP contribution >= 0.6 is 15.9 Å². The first kappa shape index (κ1) is 17.4. The smallest absolute Gasteiger partial charge is 0.310 e. The molecule has 0 fully saturated rings. The van der Waals surface area contributed by atoms with Crippen molar-refractivity contribution in [2.45, 2.75) is 26.9 Å². The molecule has 0 saturated heterocycles. The summed E-state index contributed by atoms with van der Waals surface area (Å²) in [5.41, 5.74) is 0.565. The van der Waals surface area contributed by atoms with E-state index in [4.69, 9.17) is 9.47 Å². The second-order valence-electron chi connectivity index (χ2n) is 4.86. The van der Waals surface area contributed by atoms with E-state index in [-0.39, 0.29) is 30.1 Å². The minimum Gasteiger partial charge on any atom is -0.487 e. The van der Waals surface area contributed by atoms with Crippen LogP contribution in [0.25, 0.3) is 0 Å². The molecule has 0 aliphatic rings. The largest absolute Gasteiger partial charge is 0.487 e. The molecule has 0 aliphatic carbocycles. The van der Waals surface area contributed by atoms with E-state index < -0.39 is 17.6 Å². The summed E-state index contributed by atoms with van der Waals surface area (Å²) >= 11 is 3.27. The van der Waals surface area contributed by atoms with Crippen molar-refractivity contribution in [1.82, 2.24) is 0 Å². The van der Waals surface area contributed by atoms with Crippen molar-refractivity contribution in [3.8, 4) is 11.5 Å². The Morgan fingerprint density at radius 1 is 1.17 bits per heavy atom. The third kappa shape index (κ3) is 4.28. The number of ether oxygens (including phenoxy) is 2. The van der Waals surface area contributed by atoms with E-state index in [0.717, 1.165) is 0 Å². The van der Waals surface area contributed by atoms with Crippen LogP contribution in [0.2, 0.25) is 0 Å². The topological polar surface area (TPSA) is 35.5 Å². The molecule has 0 saturated carbocycles. The van der Waals surface area contributed by atoms with Gasteiger partial charge in [0, 0.05) is 12.5 Å². The third-order valence-corrected chi connectivity index (χ3v) is 3.79. The molecule has 0 aromatic heterocycles. The Morgan fingerprint density at radius 2 is 1.91 bits per heavy atom. The van der Waals surface area contributed by atoms with E-state index in [2.05, 4.69) is 15.9 Å². The Labute approximate surface area is 141 Å². The number of rotatable bonds is 5. The van der Waals surface area contributed by atoms with Crippen LogP contribution in [-0.2, 0) is 11.4 Å². The molecular formula is C17H15BrF2O3. The maximum absolute atomic E-state index is 14.0. The molecule has 23 heavy (non-hydrogen) atoms. The monoisotopic (exact) mass is 384 g/mol. The van der Waals surface area contributed by atoms with Gasteiger partial charge in [-0.2, -0.15) is 0 Å². The van der Waals surface area contributed by atoms with E-state index in [1.807, 2.05) is 0 Å². The van der Waals surface area contributed by atoms with Crippen molar-refractivity contribution in [2.75, 3.05) is 0 Å². The summed E-state index contributed by atoms with van der Waals surface area (Å²) in [5.74, 6) is -1.12. The lowest BCUT2D eigenvalue weighted by molar-refractivity contribution is -0.134. The Morgan fingerprint density at radius 3 is 2.61 bits per heavy atom. The van der Waals surface area contributed by atoms with Gasteiger partial charge in [-0.05, 0) is 46.6 Å². The standard InChI is InChI=1S/C17H15BrF2O3/c1-3-17(21)23-15-6-4-5-13(19)11(15)9-22-16-8-14(20)10(2)7-12(16)18/h4-8H,3,9H2,1-2H3. The van der Waals surface area contributed by atoms with Gasteiger partial charge in [-0.1, -0.05) is 13.0 Å². The summed E-state index contributed by atoms with van der Waals surface area (Å²) in [5, 5.41) is 0. The van der Waals surface area contributed by atoms with Gasteiger partial charge in [0.25, 0.3) is 0 Å². The van der Waals surface area contributed by atoms with Crippen molar-refractivity contribution in [3.05, 3.63) is 57.6 Å². The number of hydrogen-bond donors (Lipinski definition) is 0. The van der Waals surface area contributed by atoms with E-state index in [1.165, 1.54) is 24.3 Å². The second kappa shape index (κ2) is 7.55. The SMILES string of the molecule is CCC(=O)Oc1cccc(F)c1COc1cc(F)c(C)cc1Br. The molecule has 6 heteroatoms. The summed E-state index contributed by atoms with van der Waals surface area (Å²) in [4.78, 5) is 11.4. The van der Waals surface area contributed by atoms with Crippen molar-refractivity contribution in [3.63, 3.8) is 0 Å². The van der Waals surface area contributed by atoms with Gasteiger partial charge in [0.15, 0.2) is 0 Å². The molecule has 0 unspecified atom stereocenters. The zero-order valence-electron chi connectivity index (χ0n) is 12.7. The fourth-order valence-corrected chi connectivity index (χ4v) is 2.43. The maximum Gasteiger partial charge on any atom is 0.310 e. The Balaban J connectivity index is 2.23. The summed E-state index contributed by atoms with van der Waals surface area (Å²) in [7, 11) is 0. The highest BCUT2D eigenvalue weighted by molar-refractivity contribution is 9.10. The molecule has 2 rings (SSSR count). The lowest BCUT2D eigenvalue weighted by Crippen LogP contribution is -2.10. The molecule has 0 spiro atoms. The summed E-state index contributed by atoms with van der Waals surface area (Å²) < 4.78 is 38.7. The first-order valence-corrected chi connectivity index (χ1v) is 7.78. The average Bonchev–Trinajstić information content (AvgIpc) is 2.51. The molecule has 0 aliphatic heterocycles. The second-order valence-corrected chi connectivity index (χ2v) is 5.72. The quantitative estimate of drug-likeness (QED) is 0.541. The number of hydrogen-bond acceptors (Lipinski definition) is 3. The number of benzene rings is 2. The predicted molar refractivity (Wildman–Crippen MR) is 85.5 cm³/mol. The lowest BCUT2D eigenvalue weighted by atomic mass is 10.2. The molecule has 0 radical (unpaired) electrons. The van der Waals surface area contributed by atoms with Crippen molar-refractivity contribution in [1.29, 1.82) is 0 Å². The van der Waals surface area contributed by atoms with Crippen LogP contribution in [0.3, 0.4) is 0 Å².